The van der Waals surface area contributed by atoms with Crippen LogP contribution in [0.2, 0.25) is 0 Å². The van der Waals surface area contributed by atoms with Gasteiger partial charge in [0, 0.05) is 36.8 Å². The molecule has 4 aliphatic rings. The molecule has 1 N–H and O–H groups in total. The number of allylic oxidation sites excluding steroid dienone is 4. The van der Waals surface area contributed by atoms with E-state index < -0.39 is 0 Å². The van der Waals surface area contributed by atoms with Crippen molar-refractivity contribution in [3.63, 3.8) is 0 Å². The Labute approximate surface area is 197 Å². The fraction of sp³-hybridized carbons (Fsp3) is 0.500. The van der Waals surface area contributed by atoms with E-state index in [1.165, 1.54) is 38.8 Å². The average molecular weight is 446 g/mol. The average Bonchev–Trinajstić information content (AvgIpc) is 3.48. The van der Waals surface area contributed by atoms with Crippen molar-refractivity contribution in [2.24, 2.45) is 0 Å². The lowest BCUT2D eigenvalue weighted by Crippen LogP contribution is -2.42. The van der Waals surface area contributed by atoms with Crippen molar-refractivity contribution in [2.75, 3.05) is 32.7 Å². The van der Waals surface area contributed by atoms with Gasteiger partial charge in [0.1, 0.15) is 0 Å². The maximum absolute atomic E-state index is 13.1. The fourth-order valence-electron chi connectivity index (χ4n) is 5.55. The summed E-state index contributed by atoms with van der Waals surface area (Å²) in [6.45, 7) is 4.95. The number of likely N-dealkylation sites (tertiary alicyclic amines) is 1. The van der Waals surface area contributed by atoms with E-state index >= 15 is 0 Å². The molecule has 2 fully saturated rings. The zero-order valence-corrected chi connectivity index (χ0v) is 19.5. The number of rotatable bonds is 6. The molecule has 1 aromatic carbocycles. The maximum Gasteiger partial charge on any atom is 0.254 e. The predicted molar refractivity (Wildman–Crippen MR) is 132 cm³/mol. The minimum atomic E-state index is 0.0397. The quantitative estimate of drug-likeness (QED) is 0.717. The Kier molecular flexibility index (Phi) is 6.77. The first-order valence-electron chi connectivity index (χ1n) is 12.7. The molecule has 174 valence electrons. The molecule has 0 atom stereocenters. The molecule has 0 spiro atoms. The SMILES string of the molecule is O=C(NC1CCCC1)C1=CCC=C(c2ccc3c(c2)CCN(CCN2CCCC2)C3=O)C=C1. The number of fused-ring (bicyclic) bond motifs is 1. The summed E-state index contributed by atoms with van der Waals surface area (Å²) in [5.41, 5.74) is 4.96. The van der Waals surface area contributed by atoms with Crippen LogP contribution in [0.1, 0.15) is 66.4 Å². The zero-order valence-electron chi connectivity index (χ0n) is 19.5. The first kappa shape index (κ1) is 22.1. The Morgan fingerprint density at radius 3 is 2.61 bits per heavy atom. The number of benzene rings is 1. The summed E-state index contributed by atoms with van der Waals surface area (Å²) in [4.78, 5) is 30.2. The maximum atomic E-state index is 13.1. The highest BCUT2D eigenvalue weighted by atomic mass is 16.2. The van der Waals surface area contributed by atoms with E-state index in [0.29, 0.717) is 6.04 Å². The van der Waals surface area contributed by atoms with E-state index in [9.17, 15) is 9.59 Å². The monoisotopic (exact) mass is 445 g/mol. The summed E-state index contributed by atoms with van der Waals surface area (Å²) in [7, 11) is 0. The normalized spacial score (nSPS) is 21.6. The Morgan fingerprint density at radius 1 is 0.970 bits per heavy atom. The van der Waals surface area contributed by atoms with Crippen molar-refractivity contribution in [3.05, 3.63) is 64.8 Å². The number of carbonyl (C=O) groups is 2. The molecule has 1 aromatic rings. The number of nitrogens with one attached hydrogen (secondary N) is 1. The minimum absolute atomic E-state index is 0.0397. The molecular weight excluding hydrogens is 410 g/mol. The van der Waals surface area contributed by atoms with Crippen LogP contribution in [0.25, 0.3) is 5.57 Å². The summed E-state index contributed by atoms with van der Waals surface area (Å²) in [6, 6.07) is 6.55. The van der Waals surface area contributed by atoms with Crippen molar-refractivity contribution < 1.29 is 9.59 Å². The standard InChI is InChI=1S/C28H35N3O2/c32-27(29-25-8-1-2-9-25)22-7-5-6-21(10-11-22)23-12-13-26-24(20-23)14-17-31(28(26)33)19-18-30-15-3-4-16-30/h6-7,10-13,20,25H,1-5,8-9,14-19H2,(H,29,32). The second kappa shape index (κ2) is 10.1. The third kappa shape index (κ3) is 5.14. The molecule has 0 bridgehead atoms. The van der Waals surface area contributed by atoms with E-state index in [4.69, 9.17) is 0 Å². The first-order valence-corrected chi connectivity index (χ1v) is 12.7. The highest BCUT2D eigenvalue weighted by molar-refractivity contribution is 5.98. The van der Waals surface area contributed by atoms with Crippen LogP contribution in [-0.2, 0) is 11.2 Å². The van der Waals surface area contributed by atoms with Gasteiger partial charge >= 0.3 is 0 Å². The van der Waals surface area contributed by atoms with Gasteiger partial charge in [0.2, 0.25) is 0 Å². The van der Waals surface area contributed by atoms with Crippen molar-refractivity contribution >= 4 is 17.4 Å². The van der Waals surface area contributed by atoms with Crippen LogP contribution in [0.5, 0.6) is 0 Å². The Hall–Kier alpha value is -2.66. The van der Waals surface area contributed by atoms with Crippen molar-refractivity contribution in [3.8, 4) is 0 Å². The van der Waals surface area contributed by atoms with Crippen molar-refractivity contribution in [1.29, 1.82) is 0 Å². The lowest BCUT2D eigenvalue weighted by atomic mass is 9.93. The Morgan fingerprint density at radius 2 is 1.79 bits per heavy atom. The lowest BCUT2D eigenvalue weighted by Gasteiger charge is -2.30. The molecule has 5 nitrogen and oxygen atoms in total. The molecule has 5 rings (SSSR count). The molecule has 2 amide bonds. The molecule has 0 aromatic heterocycles. The molecule has 1 saturated carbocycles. The van der Waals surface area contributed by atoms with Crippen LogP contribution in [-0.4, -0.2) is 60.4 Å². The van der Waals surface area contributed by atoms with Gasteiger partial charge in [-0.25, -0.2) is 0 Å². The number of carbonyl (C=O) groups excluding carboxylic acids is 2. The van der Waals surface area contributed by atoms with Crippen molar-refractivity contribution in [1.82, 2.24) is 15.1 Å². The fourth-order valence-corrected chi connectivity index (χ4v) is 5.55. The number of hydrogen-bond acceptors (Lipinski definition) is 3. The van der Waals surface area contributed by atoms with E-state index in [-0.39, 0.29) is 11.8 Å². The summed E-state index contributed by atoms with van der Waals surface area (Å²) in [5, 5.41) is 3.18. The summed E-state index contributed by atoms with van der Waals surface area (Å²) in [6.07, 6.45) is 17.0. The van der Waals surface area contributed by atoms with Gasteiger partial charge in [0.05, 0.1) is 0 Å². The molecule has 0 unspecified atom stereocenters. The van der Waals surface area contributed by atoms with Gasteiger partial charge in [0.25, 0.3) is 11.8 Å². The van der Waals surface area contributed by atoms with Crippen LogP contribution in [0.4, 0.5) is 0 Å². The second-order valence-corrected chi connectivity index (χ2v) is 9.81. The minimum Gasteiger partial charge on any atom is -0.349 e. The summed E-state index contributed by atoms with van der Waals surface area (Å²) in [5.74, 6) is 0.206. The highest BCUT2D eigenvalue weighted by Crippen LogP contribution is 2.27. The van der Waals surface area contributed by atoms with Crippen LogP contribution in [0.3, 0.4) is 0 Å². The second-order valence-electron chi connectivity index (χ2n) is 9.81. The predicted octanol–water partition coefficient (Wildman–Crippen LogP) is 4.11. The largest absolute Gasteiger partial charge is 0.349 e. The first-order chi connectivity index (χ1) is 16.2. The molecule has 2 aliphatic heterocycles. The zero-order chi connectivity index (χ0) is 22.6. The van der Waals surface area contributed by atoms with Gasteiger partial charge < -0.3 is 15.1 Å². The van der Waals surface area contributed by atoms with Gasteiger partial charge in [-0.1, -0.05) is 43.2 Å². The van der Waals surface area contributed by atoms with Crippen LogP contribution < -0.4 is 5.32 Å². The number of nitrogens with zero attached hydrogens (tertiary/aromatic N) is 2. The van der Waals surface area contributed by atoms with Crippen molar-refractivity contribution in [2.45, 2.75) is 57.4 Å². The third-order valence-electron chi connectivity index (χ3n) is 7.56. The number of amides is 2. The third-order valence-corrected chi connectivity index (χ3v) is 7.56. The van der Waals surface area contributed by atoms with E-state index in [0.717, 1.165) is 73.2 Å². The topological polar surface area (TPSA) is 52.7 Å². The summed E-state index contributed by atoms with van der Waals surface area (Å²) >= 11 is 0. The highest BCUT2D eigenvalue weighted by Gasteiger charge is 2.25. The molecule has 33 heavy (non-hydrogen) atoms. The molecule has 0 radical (unpaired) electrons. The molecule has 2 heterocycles. The van der Waals surface area contributed by atoms with E-state index in [1.54, 1.807) is 0 Å². The van der Waals surface area contributed by atoms with Gasteiger partial charge in [-0.3, -0.25) is 9.59 Å². The molecule has 1 saturated heterocycles. The Bertz CT molecular complexity index is 994. The van der Waals surface area contributed by atoms with Gasteiger partial charge in [-0.2, -0.15) is 0 Å². The van der Waals surface area contributed by atoms with Gasteiger partial charge in [0.15, 0.2) is 0 Å². The molecular formula is C28H35N3O2. The molecule has 5 heteroatoms. The Balaban J connectivity index is 1.22. The van der Waals surface area contributed by atoms with Crippen LogP contribution in [0.15, 0.2) is 48.1 Å². The van der Waals surface area contributed by atoms with Crippen LogP contribution in [0, 0.1) is 0 Å². The smallest absolute Gasteiger partial charge is 0.254 e. The lowest BCUT2D eigenvalue weighted by molar-refractivity contribution is -0.117. The van der Waals surface area contributed by atoms with E-state index in [1.807, 2.05) is 29.2 Å². The summed E-state index contributed by atoms with van der Waals surface area (Å²) < 4.78 is 0. The van der Waals surface area contributed by atoms with E-state index in [2.05, 4.69) is 28.4 Å². The van der Waals surface area contributed by atoms with Crippen LogP contribution >= 0.6 is 0 Å². The molecule has 2 aliphatic carbocycles. The van der Waals surface area contributed by atoms with Gasteiger partial charge in [-0.15, -0.1) is 0 Å². The number of hydrogen-bond donors (Lipinski definition) is 1. The van der Waals surface area contributed by atoms with Gasteiger partial charge in [-0.05, 0) is 80.5 Å².